The molecule has 0 heterocycles. The van der Waals surface area contributed by atoms with E-state index in [4.69, 9.17) is 0 Å². The summed E-state index contributed by atoms with van der Waals surface area (Å²) in [4.78, 5) is 31.5. The Morgan fingerprint density at radius 1 is 1.00 bits per heavy atom. The summed E-state index contributed by atoms with van der Waals surface area (Å²) in [6.07, 6.45) is 0. The van der Waals surface area contributed by atoms with Crippen molar-refractivity contribution in [1.29, 1.82) is 0 Å². The molecule has 0 aromatic heterocycles. The molecular weight excluding hydrogens is 306 g/mol. The Bertz CT molecular complexity index is 791. The topological polar surface area (TPSA) is 140 Å². The number of rotatable bonds is 4. The van der Waals surface area contributed by atoms with Gasteiger partial charge in [0.25, 0.3) is 5.69 Å². The van der Waals surface area contributed by atoms with Gasteiger partial charge < -0.3 is 5.32 Å². The minimum atomic E-state index is -0.837. The van der Waals surface area contributed by atoms with E-state index in [0.29, 0.717) is 5.69 Å². The van der Waals surface area contributed by atoms with Crippen LogP contribution in [0, 0.1) is 20.2 Å². The Hall–Kier alpha value is -3.69. The molecule has 0 bridgehead atoms. The summed E-state index contributed by atoms with van der Waals surface area (Å²) in [7, 11) is 0. The number of nitro groups is 2. The maximum absolute atomic E-state index is 11.6. The normalized spacial score (nSPS) is 10.4. The molecule has 2 aromatic rings. The van der Waals surface area contributed by atoms with Crippen molar-refractivity contribution in [3.8, 4) is 0 Å². The summed E-state index contributed by atoms with van der Waals surface area (Å²) in [5, 5.41) is 30.7. The van der Waals surface area contributed by atoms with Crippen LogP contribution in [0.2, 0.25) is 0 Å². The number of azo groups is 1. The number of hydrogen-bond donors (Lipinski definition) is 1. The van der Waals surface area contributed by atoms with E-state index in [-0.39, 0.29) is 5.69 Å². The quantitative estimate of drug-likeness (QED) is 0.518. The standard InChI is InChI=1S/C13H9N5O5/c19-13(14-9-4-2-1-3-5-9)16-15-11-7-6-10(17(20)21)8-12(11)18(22)23/h1-8H,(H,14,19). The van der Waals surface area contributed by atoms with Crippen molar-refractivity contribution in [3.05, 3.63) is 68.8 Å². The number of hydrogen-bond acceptors (Lipinski definition) is 6. The van der Waals surface area contributed by atoms with Crippen LogP contribution in [0.5, 0.6) is 0 Å². The Morgan fingerprint density at radius 2 is 1.70 bits per heavy atom. The Labute approximate surface area is 128 Å². The van der Waals surface area contributed by atoms with Crippen molar-refractivity contribution in [2.45, 2.75) is 0 Å². The maximum atomic E-state index is 11.6. The average Bonchev–Trinajstić information content (AvgIpc) is 2.53. The molecule has 0 fully saturated rings. The highest BCUT2D eigenvalue weighted by atomic mass is 16.6. The Balaban J connectivity index is 2.20. The number of urea groups is 1. The molecule has 0 atom stereocenters. The van der Waals surface area contributed by atoms with E-state index in [0.717, 1.165) is 18.2 Å². The van der Waals surface area contributed by atoms with Crippen LogP contribution in [0.4, 0.5) is 27.5 Å². The molecule has 0 aliphatic rings. The largest absolute Gasteiger partial charge is 0.364 e. The molecule has 116 valence electrons. The van der Waals surface area contributed by atoms with Crippen molar-refractivity contribution in [2.75, 3.05) is 5.32 Å². The van der Waals surface area contributed by atoms with Crippen molar-refractivity contribution in [3.63, 3.8) is 0 Å². The third kappa shape index (κ3) is 4.14. The fraction of sp³-hybridized carbons (Fsp3) is 0. The van der Waals surface area contributed by atoms with Crippen LogP contribution in [0.25, 0.3) is 0 Å². The number of anilines is 1. The van der Waals surface area contributed by atoms with E-state index in [9.17, 15) is 25.0 Å². The molecule has 2 amide bonds. The number of non-ortho nitro benzene ring substituents is 1. The lowest BCUT2D eigenvalue weighted by Crippen LogP contribution is -2.04. The van der Waals surface area contributed by atoms with Crippen molar-refractivity contribution in [1.82, 2.24) is 0 Å². The number of amides is 2. The van der Waals surface area contributed by atoms with Crippen LogP contribution in [0.15, 0.2) is 58.8 Å². The number of nitrogens with zero attached hydrogens (tertiary/aromatic N) is 4. The van der Waals surface area contributed by atoms with E-state index in [2.05, 4.69) is 15.5 Å². The first-order valence-electron chi connectivity index (χ1n) is 6.18. The van der Waals surface area contributed by atoms with Gasteiger partial charge in [-0.25, -0.2) is 4.79 Å². The molecule has 0 aliphatic carbocycles. The molecule has 2 rings (SSSR count). The van der Waals surface area contributed by atoms with Gasteiger partial charge in [-0.3, -0.25) is 20.2 Å². The predicted octanol–water partition coefficient (Wildman–Crippen LogP) is 3.82. The molecule has 0 spiro atoms. The third-order valence-electron chi connectivity index (χ3n) is 2.64. The second kappa shape index (κ2) is 6.85. The first-order chi connectivity index (χ1) is 11.0. The van der Waals surface area contributed by atoms with E-state index in [1.807, 2.05) is 0 Å². The van der Waals surface area contributed by atoms with Gasteiger partial charge in [0.2, 0.25) is 0 Å². The molecule has 23 heavy (non-hydrogen) atoms. The molecule has 1 N–H and O–H groups in total. The van der Waals surface area contributed by atoms with E-state index in [1.54, 1.807) is 30.3 Å². The highest BCUT2D eigenvalue weighted by Gasteiger charge is 2.19. The number of nitro benzene ring substituents is 2. The summed E-state index contributed by atoms with van der Waals surface area (Å²) in [6, 6.07) is 10.4. The highest BCUT2D eigenvalue weighted by Crippen LogP contribution is 2.31. The fourth-order valence-electron chi connectivity index (χ4n) is 1.63. The average molecular weight is 315 g/mol. The van der Waals surface area contributed by atoms with Crippen LogP contribution in [-0.4, -0.2) is 15.9 Å². The number of para-hydroxylation sites is 1. The van der Waals surface area contributed by atoms with Crippen molar-refractivity contribution < 1.29 is 14.6 Å². The van der Waals surface area contributed by atoms with Gasteiger partial charge in [0.1, 0.15) is 0 Å². The summed E-state index contributed by atoms with van der Waals surface area (Å²) < 4.78 is 0. The third-order valence-corrected chi connectivity index (χ3v) is 2.64. The second-order valence-corrected chi connectivity index (χ2v) is 4.18. The number of carbonyl (C=O) groups excluding carboxylic acids is 1. The van der Waals surface area contributed by atoms with E-state index in [1.165, 1.54) is 0 Å². The lowest BCUT2D eigenvalue weighted by atomic mass is 10.2. The number of nitrogens with one attached hydrogen (secondary N) is 1. The van der Waals surface area contributed by atoms with Crippen molar-refractivity contribution in [2.24, 2.45) is 10.2 Å². The molecule has 0 unspecified atom stereocenters. The van der Waals surface area contributed by atoms with Crippen molar-refractivity contribution >= 4 is 28.8 Å². The molecule has 10 nitrogen and oxygen atoms in total. The molecule has 2 aromatic carbocycles. The molecule has 0 saturated carbocycles. The van der Waals surface area contributed by atoms with Crippen LogP contribution in [0.3, 0.4) is 0 Å². The van der Waals surface area contributed by atoms with Crippen LogP contribution in [-0.2, 0) is 0 Å². The number of carbonyl (C=O) groups is 1. The zero-order chi connectivity index (χ0) is 16.8. The predicted molar refractivity (Wildman–Crippen MR) is 79.7 cm³/mol. The van der Waals surface area contributed by atoms with Gasteiger partial charge in [-0.1, -0.05) is 23.3 Å². The Kier molecular flexibility index (Phi) is 4.67. The fourth-order valence-corrected chi connectivity index (χ4v) is 1.63. The van der Waals surface area contributed by atoms with E-state index >= 15 is 0 Å². The first-order valence-corrected chi connectivity index (χ1v) is 6.18. The zero-order valence-electron chi connectivity index (χ0n) is 11.4. The van der Waals surface area contributed by atoms with E-state index < -0.39 is 27.3 Å². The molecule has 10 heteroatoms. The summed E-state index contributed by atoms with van der Waals surface area (Å²) in [5.41, 5.74) is -0.849. The molecule has 0 radical (unpaired) electrons. The van der Waals surface area contributed by atoms with Gasteiger partial charge in [-0.15, -0.1) is 5.11 Å². The van der Waals surface area contributed by atoms with Gasteiger partial charge >= 0.3 is 11.7 Å². The van der Waals surface area contributed by atoms with Crippen LogP contribution in [0.1, 0.15) is 0 Å². The smallest absolute Gasteiger partial charge is 0.305 e. The summed E-state index contributed by atoms with van der Waals surface area (Å²) in [6.45, 7) is 0. The summed E-state index contributed by atoms with van der Waals surface area (Å²) in [5.74, 6) is 0. The van der Waals surface area contributed by atoms with Gasteiger partial charge in [0.15, 0.2) is 5.69 Å². The first kappa shape index (κ1) is 15.7. The minimum absolute atomic E-state index is 0.260. The lowest BCUT2D eigenvalue weighted by molar-refractivity contribution is -0.393. The van der Waals surface area contributed by atoms with Gasteiger partial charge in [0.05, 0.1) is 15.9 Å². The van der Waals surface area contributed by atoms with Gasteiger partial charge in [-0.05, 0) is 18.2 Å². The zero-order valence-corrected chi connectivity index (χ0v) is 11.4. The molecule has 0 aliphatic heterocycles. The minimum Gasteiger partial charge on any atom is -0.305 e. The summed E-state index contributed by atoms with van der Waals surface area (Å²) >= 11 is 0. The van der Waals surface area contributed by atoms with Crippen LogP contribution >= 0.6 is 0 Å². The molecular formula is C13H9N5O5. The second-order valence-electron chi connectivity index (χ2n) is 4.18. The van der Waals surface area contributed by atoms with Gasteiger partial charge in [0, 0.05) is 11.8 Å². The van der Waals surface area contributed by atoms with Gasteiger partial charge in [-0.2, -0.15) is 0 Å². The number of benzene rings is 2. The van der Waals surface area contributed by atoms with Crippen LogP contribution < -0.4 is 5.32 Å². The molecule has 0 saturated heterocycles. The Morgan fingerprint density at radius 3 is 2.30 bits per heavy atom. The maximum Gasteiger partial charge on any atom is 0.364 e. The highest BCUT2D eigenvalue weighted by molar-refractivity contribution is 5.89. The SMILES string of the molecule is O=C(N=Nc1ccc([N+](=O)[O-])cc1[N+](=O)[O-])Nc1ccccc1. The lowest BCUT2D eigenvalue weighted by Gasteiger charge is -1.99. The monoisotopic (exact) mass is 315 g/mol.